The van der Waals surface area contributed by atoms with Crippen LogP contribution in [-0.2, 0) is 17.1 Å². The highest BCUT2D eigenvalue weighted by atomic mass is 32.2. The van der Waals surface area contributed by atoms with Gasteiger partial charge in [0.25, 0.3) is 0 Å². The van der Waals surface area contributed by atoms with Crippen LogP contribution in [0.15, 0.2) is 35.3 Å². The molecule has 2 rings (SSSR count). The molecule has 0 atom stereocenters. The topological polar surface area (TPSA) is 65.5 Å². The summed E-state index contributed by atoms with van der Waals surface area (Å²) in [5.41, 5.74) is 1.21. The molecule has 0 radical (unpaired) electrons. The van der Waals surface area contributed by atoms with Crippen molar-refractivity contribution in [3.05, 3.63) is 64.7 Å². The first-order chi connectivity index (χ1) is 14.3. The molecule has 0 aromatic heterocycles. The van der Waals surface area contributed by atoms with Crippen LogP contribution in [-0.4, -0.2) is 31.2 Å². The van der Waals surface area contributed by atoms with E-state index in [9.17, 15) is 22.4 Å². The number of nitrogens with zero attached hydrogens (tertiary/aromatic N) is 1. The molecular weight excluding hydrogens is 420 g/mol. The second-order valence-electron chi connectivity index (χ2n) is 6.17. The lowest BCUT2D eigenvalue weighted by molar-refractivity contribution is -0.115. The van der Waals surface area contributed by atoms with E-state index in [4.69, 9.17) is 0 Å². The van der Waals surface area contributed by atoms with Crippen LogP contribution in [0.25, 0.3) is 0 Å². The van der Waals surface area contributed by atoms with Crippen molar-refractivity contribution in [3.8, 4) is 0 Å². The summed E-state index contributed by atoms with van der Waals surface area (Å²) >= 11 is 1.56. The third-order valence-corrected chi connectivity index (χ3v) is 4.55. The minimum Gasteiger partial charge on any atom is -0.357 e. The number of hydrogen-bond acceptors (Lipinski definition) is 3. The summed E-state index contributed by atoms with van der Waals surface area (Å²) in [4.78, 5) is 16.4. The van der Waals surface area contributed by atoms with Crippen LogP contribution in [0.5, 0.6) is 0 Å². The van der Waals surface area contributed by atoms with E-state index in [0.29, 0.717) is 18.3 Å². The van der Waals surface area contributed by atoms with Gasteiger partial charge in [0.1, 0.15) is 5.82 Å². The van der Waals surface area contributed by atoms with Gasteiger partial charge in [0, 0.05) is 12.3 Å². The number of carbonyl (C=O) groups excluding carboxylic acids is 1. The first kappa shape index (κ1) is 23.5. The Kier molecular flexibility index (Phi) is 8.97. The number of carbonyl (C=O) groups is 1. The molecule has 0 spiro atoms. The zero-order chi connectivity index (χ0) is 22.1. The molecule has 0 heterocycles. The zero-order valence-electron chi connectivity index (χ0n) is 16.5. The first-order valence-electron chi connectivity index (χ1n) is 9.07. The van der Waals surface area contributed by atoms with Crippen LogP contribution in [0.2, 0.25) is 0 Å². The lowest BCUT2D eigenvalue weighted by atomic mass is 10.1. The molecule has 0 aliphatic heterocycles. The second-order valence-corrected chi connectivity index (χ2v) is 7.03. The Morgan fingerprint density at radius 3 is 2.50 bits per heavy atom. The standard InChI is InChI=1S/C20H22F4N4OS/c1-3-25-20(26-9-12-4-5-14(21)8-13(12)11-30-2)27-10-17(29)28-16-7-6-15(22)18(23)19(16)24/h4-8H,3,9-11H2,1-2H3,(H,28,29)(H2,25,26,27). The van der Waals surface area contributed by atoms with E-state index in [1.807, 2.05) is 13.2 Å². The molecule has 3 N–H and O–H groups in total. The van der Waals surface area contributed by atoms with Gasteiger partial charge in [-0.1, -0.05) is 6.07 Å². The van der Waals surface area contributed by atoms with Gasteiger partial charge < -0.3 is 16.0 Å². The highest BCUT2D eigenvalue weighted by Gasteiger charge is 2.15. The number of benzene rings is 2. The van der Waals surface area contributed by atoms with Gasteiger partial charge in [-0.05, 0) is 48.6 Å². The van der Waals surface area contributed by atoms with Crippen molar-refractivity contribution < 1.29 is 22.4 Å². The molecule has 0 unspecified atom stereocenters. The quantitative estimate of drug-likeness (QED) is 0.252. The number of thioether (sulfide) groups is 1. The van der Waals surface area contributed by atoms with Crippen LogP contribution < -0.4 is 16.0 Å². The van der Waals surface area contributed by atoms with Crippen molar-refractivity contribution in [1.29, 1.82) is 0 Å². The van der Waals surface area contributed by atoms with Crippen LogP contribution in [0.3, 0.4) is 0 Å². The molecule has 5 nitrogen and oxygen atoms in total. The van der Waals surface area contributed by atoms with Gasteiger partial charge in [-0.2, -0.15) is 11.8 Å². The molecule has 0 fully saturated rings. The van der Waals surface area contributed by atoms with Crippen molar-refractivity contribution in [2.75, 3.05) is 24.7 Å². The van der Waals surface area contributed by atoms with Crippen molar-refractivity contribution in [1.82, 2.24) is 10.6 Å². The Bertz CT molecular complexity index is 924. The van der Waals surface area contributed by atoms with E-state index < -0.39 is 29.0 Å². The molecule has 1 amide bonds. The van der Waals surface area contributed by atoms with Gasteiger partial charge >= 0.3 is 0 Å². The van der Waals surface area contributed by atoms with Gasteiger partial charge in [0.05, 0.1) is 18.8 Å². The minimum absolute atomic E-state index is 0.255. The third kappa shape index (κ3) is 6.65. The van der Waals surface area contributed by atoms with E-state index in [1.165, 1.54) is 12.1 Å². The minimum atomic E-state index is -1.66. The Balaban J connectivity index is 2.02. The fourth-order valence-corrected chi connectivity index (χ4v) is 3.11. The molecule has 0 aliphatic carbocycles. The Hall–Kier alpha value is -2.75. The van der Waals surface area contributed by atoms with E-state index >= 15 is 0 Å². The van der Waals surface area contributed by atoms with E-state index in [-0.39, 0.29) is 18.9 Å². The van der Waals surface area contributed by atoms with E-state index in [2.05, 4.69) is 20.9 Å². The average molecular weight is 442 g/mol. The second kappa shape index (κ2) is 11.4. The third-order valence-electron chi connectivity index (χ3n) is 3.95. The lowest BCUT2D eigenvalue weighted by Gasteiger charge is -2.13. The largest absolute Gasteiger partial charge is 0.357 e. The molecular formula is C20H22F4N4OS. The normalized spacial score (nSPS) is 11.3. The monoisotopic (exact) mass is 442 g/mol. The highest BCUT2D eigenvalue weighted by molar-refractivity contribution is 7.97. The number of amides is 1. The maximum Gasteiger partial charge on any atom is 0.243 e. The molecule has 2 aromatic rings. The summed E-state index contributed by atoms with van der Waals surface area (Å²) in [5, 5.41) is 7.91. The molecule has 30 heavy (non-hydrogen) atoms. The Labute approximate surface area is 176 Å². The number of anilines is 1. The smallest absolute Gasteiger partial charge is 0.243 e. The summed E-state index contributed by atoms with van der Waals surface area (Å²) in [6.45, 7) is 2.33. The zero-order valence-corrected chi connectivity index (χ0v) is 17.3. The number of aliphatic imine (C=N–C) groups is 1. The Morgan fingerprint density at radius 1 is 1.03 bits per heavy atom. The molecule has 0 aliphatic rings. The number of hydrogen-bond donors (Lipinski definition) is 3. The maximum atomic E-state index is 13.7. The van der Waals surface area contributed by atoms with E-state index in [1.54, 1.807) is 17.8 Å². The van der Waals surface area contributed by atoms with Crippen molar-refractivity contribution >= 4 is 29.3 Å². The summed E-state index contributed by atoms with van der Waals surface area (Å²) in [5.74, 6) is -4.51. The van der Waals surface area contributed by atoms with Gasteiger partial charge in [-0.25, -0.2) is 22.6 Å². The number of nitrogens with one attached hydrogen (secondary N) is 3. The number of guanidine groups is 1. The van der Waals surface area contributed by atoms with Crippen LogP contribution in [0.4, 0.5) is 23.2 Å². The highest BCUT2D eigenvalue weighted by Crippen LogP contribution is 2.19. The molecule has 10 heteroatoms. The fourth-order valence-electron chi connectivity index (χ4n) is 2.53. The Morgan fingerprint density at radius 2 is 1.80 bits per heavy atom. The summed E-state index contributed by atoms with van der Waals surface area (Å²) in [7, 11) is 0. The first-order valence-corrected chi connectivity index (χ1v) is 10.5. The summed E-state index contributed by atoms with van der Waals surface area (Å²) < 4.78 is 53.4. The number of rotatable bonds is 8. The SMILES string of the molecule is CCNC(=NCc1ccc(F)cc1CSC)NCC(=O)Nc1ccc(F)c(F)c1F. The van der Waals surface area contributed by atoms with Crippen molar-refractivity contribution in [2.24, 2.45) is 4.99 Å². The predicted octanol–water partition coefficient (Wildman–Crippen LogP) is 3.80. The van der Waals surface area contributed by atoms with Gasteiger partial charge in [-0.3, -0.25) is 4.79 Å². The van der Waals surface area contributed by atoms with Gasteiger partial charge in [0.15, 0.2) is 23.4 Å². The molecule has 0 bridgehead atoms. The summed E-state index contributed by atoms with van der Waals surface area (Å²) in [6.07, 6.45) is 1.91. The molecule has 162 valence electrons. The van der Waals surface area contributed by atoms with Crippen LogP contribution >= 0.6 is 11.8 Å². The molecule has 0 saturated carbocycles. The summed E-state index contributed by atoms with van der Waals surface area (Å²) in [6, 6.07) is 6.14. The predicted molar refractivity (Wildman–Crippen MR) is 111 cm³/mol. The molecule has 2 aromatic carbocycles. The lowest BCUT2D eigenvalue weighted by Crippen LogP contribution is -2.41. The van der Waals surface area contributed by atoms with Gasteiger partial charge in [-0.15, -0.1) is 0 Å². The maximum absolute atomic E-state index is 13.7. The van der Waals surface area contributed by atoms with Crippen LogP contribution in [0, 0.1) is 23.3 Å². The number of halogens is 4. The van der Waals surface area contributed by atoms with Crippen molar-refractivity contribution in [3.63, 3.8) is 0 Å². The van der Waals surface area contributed by atoms with Crippen LogP contribution in [0.1, 0.15) is 18.1 Å². The van der Waals surface area contributed by atoms with E-state index in [0.717, 1.165) is 23.3 Å². The fraction of sp³-hybridized carbons (Fsp3) is 0.300. The molecule has 0 saturated heterocycles. The van der Waals surface area contributed by atoms with Crippen molar-refractivity contribution in [2.45, 2.75) is 19.2 Å². The van der Waals surface area contributed by atoms with Gasteiger partial charge in [0.2, 0.25) is 5.91 Å². The average Bonchev–Trinajstić information content (AvgIpc) is 2.72.